The summed E-state index contributed by atoms with van der Waals surface area (Å²) in [6.45, 7) is 4.83. The molecular formula is C30H26N2O3. The van der Waals surface area contributed by atoms with E-state index in [2.05, 4.69) is 48.4 Å². The van der Waals surface area contributed by atoms with Gasteiger partial charge >= 0.3 is 0 Å². The van der Waals surface area contributed by atoms with Crippen molar-refractivity contribution in [3.8, 4) is 28.3 Å². The van der Waals surface area contributed by atoms with E-state index < -0.39 is 0 Å². The maximum absolute atomic E-state index is 12.7. The number of ether oxygens (including phenoxy) is 1. The van der Waals surface area contributed by atoms with Crippen molar-refractivity contribution in [2.24, 2.45) is 5.92 Å². The summed E-state index contributed by atoms with van der Waals surface area (Å²) in [5.74, 6) is 1.54. The molecule has 0 spiro atoms. The Bertz CT molecular complexity index is 1440. The minimum atomic E-state index is -0.194. The molecule has 0 saturated carbocycles. The van der Waals surface area contributed by atoms with Crippen LogP contribution in [-0.4, -0.2) is 17.5 Å². The highest BCUT2D eigenvalue weighted by Crippen LogP contribution is 2.28. The fourth-order valence-corrected chi connectivity index (χ4v) is 3.73. The third-order valence-corrected chi connectivity index (χ3v) is 5.58. The van der Waals surface area contributed by atoms with Gasteiger partial charge in [0.05, 0.1) is 6.61 Å². The number of nitrogens with one attached hydrogen (secondary N) is 1. The first-order valence-electron chi connectivity index (χ1n) is 11.7. The minimum absolute atomic E-state index is 0.194. The lowest BCUT2D eigenvalue weighted by molar-refractivity contribution is 0.102. The van der Waals surface area contributed by atoms with E-state index in [4.69, 9.17) is 9.15 Å². The van der Waals surface area contributed by atoms with Gasteiger partial charge in [0, 0.05) is 16.8 Å². The van der Waals surface area contributed by atoms with Crippen LogP contribution in [0.25, 0.3) is 33.7 Å². The Hall–Kier alpha value is -4.38. The van der Waals surface area contributed by atoms with Crippen LogP contribution < -0.4 is 10.1 Å². The second-order valence-electron chi connectivity index (χ2n) is 8.83. The summed E-state index contributed by atoms with van der Waals surface area (Å²) in [5, 5.41) is 2.93. The topological polar surface area (TPSA) is 64.4 Å². The van der Waals surface area contributed by atoms with Gasteiger partial charge in [-0.1, -0.05) is 56.3 Å². The Labute approximate surface area is 204 Å². The Morgan fingerprint density at radius 1 is 0.857 bits per heavy atom. The average Bonchev–Trinajstić information content (AvgIpc) is 3.32. The van der Waals surface area contributed by atoms with E-state index in [-0.39, 0.29) is 5.91 Å². The van der Waals surface area contributed by atoms with Crippen molar-refractivity contribution in [1.29, 1.82) is 0 Å². The van der Waals surface area contributed by atoms with E-state index in [0.29, 0.717) is 40.8 Å². The van der Waals surface area contributed by atoms with Crippen LogP contribution in [0.1, 0.15) is 24.2 Å². The van der Waals surface area contributed by atoms with Crippen molar-refractivity contribution in [3.63, 3.8) is 0 Å². The molecule has 35 heavy (non-hydrogen) atoms. The lowest BCUT2D eigenvalue weighted by Gasteiger charge is -2.09. The number of aromatic nitrogens is 1. The van der Waals surface area contributed by atoms with E-state index >= 15 is 0 Å². The maximum atomic E-state index is 12.7. The molecule has 0 saturated heterocycles. The molecule has 0 aliphatic rings. The molecular weight excluding hydrogens is 436 g/mol. The van der Waals surface area contributed by atoms with Crippen LogP contribution in [0.5, 0.6) is 5.75 Å². The third kappa shape index (κ3) is 5.25. The highest BCUT2D eigenvalue weighted by atomic mass is 16.5. The number of carbonyl (C=O) groups excluding carboxylic acids is 1. The SMILES string of the molecule is CC(C)COc1ccc(C(=O)Nc2ccc3oc(-c4ccc(-c5ccccc5)cc4)nc3c2)cc1. The average molecular weight is 463 g/mol. The molecule has 1 amide bonds. The monoisotopic (exact) mass is 462 g/mol. The fraction of sp³-hybridized carbons (Fsp3) is 0.133. The van der Waals surface area contributed by atoms with Gasteiger partial charge in [-0.05, 0) is 71.6 Å². The second kappa shape index (κ2) is 9.85. The standard InChI is InChI=1S/C30H26N2O3/c1-20(2)19-34-26-15-12-23(13-16-26)29(33)31-25-14-17-28-27(18-25)32-30(35-28)24-10-8-22(9-11-24)21-6-4-3-5-7-21/h3-18,20H,19H2,1-2H3,(H,31,33). The summed E-state index contributed by atoms with van der Waals surface area (Å²) < 4.78 is 11.6. The normalized spacial score (nSPS) is 11.1. The van der Waals surface area contributed by atoms with Gasteiger partial charge in [-0.2, -0.15) is 0 Å². The van der Waals surface area contributed by atoms with Crippen molar-refractivity contribution in [2.45, 2.75) is 13.8 Å². The zero-order valence-electron chi connectivity index (χ0n) is 19.7. The smallest absolute Gasteiger partial charge is 0.255 e. The van der Waals surface area contributed by atoms with E-state index in [0.717, 1.165) is 22.4 Å². The van der Waals surface area contributed by atoms with E-state index in [1.54, 1.807) is 12.1 Å². The van der Waals surface area contributed by atoms with E-state index in [1.807, 2.05) is 60.7 Å². The van der Waals surface area contributed by atoms with Crippen LogP contribution in [-0.2, 0) is 0 Å². The fourth-order valence-electron chi connectivity index (χ4n) is 3.73. The number of hydrogen-bond donors (Lipinski definition) is 1. The molecule has 0 bridgehead atoms. The Morgan fingerprint density at radius 3 is 2.26 bits per heavy atom. The van der Waals surface area contributed by atoms with Crippen LogP contribution in [0, 0.1) is 5.92 Å². The molecule has 1 heterocycles. The van der Waals surface area contributed by atoms with Gasteiger partial charge in [-0.15, -0.1) is 0 Å². The van der Waals surface area contributed by atoms with Crippen molar-refractivity contribution in [3.05, 3.63) is 103 Å². The Kier molecular flexibility index (Phi) is 6.31. The van der Waals surface area contributed by atoms with E-state index in [1.165, 1.54) is 0 Å². The van der Waals surface area contributed by atoms with Crippen LogP contribution in [0.15, 0.2) is 101 Å². The molecule has 4 aromatic carbocycles. The molecule has 5 heteroatoms. The summed E-state index contributed by atoms with van der Waals surface area (Å²) in [6.07, 6.45) is 0. The molecule has 5 nitrogen and oxygen atoms in total. The zero-order valence-corrected chi connectivity index (χ0v) is 19.7. The quantitative estimate of drug-likeness (QED) is 0.273. The molecule has 0 fully saturated rings. The Morgan fingerprint density at radius 2 is 1.54 bits per heavy atom. The van der Waals surface area contributed by atoms with Crippen molar-refractivity contribution in [1.82, 2.24) is 4.98 Å². The molecule has 0 aliphatic heterocycles. The number of amides is 1. The van der Waals surface area contributed by atoms with Crippen LogP contribution in [0.4, 0.5) is 5.69 Å². The molecule has 5 aromatic rings. The number of hydrogen-bond acceptors (Lipinski definition) is 4. The van der Waals surface area contributed by atoms with Crippen molar-refractivity contribution >= 4 is 22.7 Å². The summed E-state index contributed by atoms with van der Waals surface area (Å²) in [6, 6.07) is 31.0. The molecule has 1 aromatic heterocycles. The van der Waals surface area contributed by atoms with Gasteiger partial charge < -0.3 is 14.5 Å². The van der Waals surface area contributed by atoms with Crippen molar-refractivity contribution < 1.29 is 13.9 Å². The Balaban J connectivity index is 1.29. The molecule has 0 atom stereocenters. The predicted molar refractivity (Wildman–Crippen MR) is 140 cm³/mol. The molecule has 0 aliphatic carbocycles. The maximum Gasteiger partial charge on any atom is 0.255 e. The van der Waals surface area contributed by atoms with Crippen LogP contribution in [0.3, 0.4) is 0 Å². The van der Waals surface area contributed by atoms with Gasteiger partial charge in [0.15, 0.2) is 5.58 Å². The number of nitrogens with zero attached hydrogens (tertiary/aromatic N) is 1. The summed E-state index contributed by atoms with van der Waals surface area (Å²) in [5.41, 5.74) is 5.75. The number of carbonyl (C=O) groups is 1. The minimum Gasteiger partial charge on any atom is -0.493 e. The molecule has 5 rings (SSSR count). The lowest BCUT2D eigenvalue weighted by Crippen LogP contribution is -2.12. The predicted octanol–water partition coefficient (Wildman–Crippen LogP) is 7.45. The number of fused-ring (bicyclic) bond motifs is 1. The van der Waals surface area contributed by atoms with Gasteiger partial charge in [0.1, 0.15) is 11.3 Å². The van der Waals surface area contributed by atoms with Crippen LogP contribution >= 0.6 is 0 Å². The summed E-state index contributed by atoms with van der Waals surface area (Å²) in [7, 11) is 0. The highest BCUT2D eigenvalue weighted by molar-refractivity contribution is 6.05. The molecule has 174 valence electrons. The van der Waals surface area contributed by atoms with Gasteiger partial charge in [0.2, 0.25) is 5.89 Å². The number of oxazole rings is 1. The first-order chi connectivity index (χ1) is 17.0. The second-order valence-corrected chi connectivity index (χ2v) is 8.83. The summed E-state index contributed by atoms with van der Waals surface area (Å²) >= 11 is 0. The molecule has 1 N–H and O–H groups in total. The van der Waals surface area contributed by atoms with Gasteiger partial charge in [-0.25, -0.2) is 4.98 Å². The molecule has 0 unspecified atom stereocenters. The summed E-state index contributed by atoms with van der Waals surface area (Å²) in [4.78, 5) is 17.3. The zero-order chi connectivity index (χ0) is 24.2. The lowest BCUT2D eigenvalue weighted by atomic mass is 10.0. The molecule has 0 radical (unpaired) electrons. The van der Waals surface area contributed by atoms with E-state index in [9.17, 15) is 4.79 Å². The number of anilines is 1. The van der Waals surface area contributed by atoms with Crippen molar-refractivity contribution in [2.75, 3.05) is 11.9 Å². The highest BCUT2D eigenvalue weighted by Gasteiger charge is 2.12. The first-order valence-corrected chi connectivity index (χ1v) is 11.7. The first kappa shape index (κ1) is 22.4. The van der Waals surface area contributed by atoms with Gasteiger partial charge in [0.25, 0.3) is 5.91 Å². The van der Waals surface area contributed by atoms with Crippen LogP contribution in [0.2, 0.25) is 0 Å². The number of benzene rings is 4. The van der Waals surface area contributed by atoms with Gasteiger partial charge in [-0.3, -0.25) is 4.79 Å². The number of rotatable bonds is 7. The third-order valence-electron chi connectivity index (χ3n) is 5.58. The largest absolute Gasteiger partial charge is 0.493 e.